The van der Waals surface area contributed by atoms with Crippen LogP contribution in [0, 0.1) is 11.8 Å². The van der Waals surface area contributed by atoms with Crippen molar-refractivity contribution in [2.24, 2.45) is 0 Å². The molecule has 0 heterocycles. The van der Waals surface area contributed by atoms with Crippen molar-refractivity contribution in [3.8, 4) is 78.6 Å². The average Bonchev–Trinajstić information content (AvgIpc) is 3.56. The van der Waals surface area contributed by atoms with Gasteiger partial charge in [-0.15, -0.1) is 0 Å². The Labute approximate surface area is 369 Å². The molecule has 13 rings (SSSR count). The summed E-state index contributed by atoms with van der Waals surface area (Å²) in [6, 6.07) is 68.6. The second-order valence-corrected chi connectivity index (χ2v) is 19.0. The van der Waals surface area contributed by atoms with E-state index in [4.69, 9.17) is 0 Å². The summed E-state index contributed by atoms with van der Waals surface area (Å²) in [4.78, 5) is 0. The van der Waals surface area contributed by atoms with Gasteiger partial charge in [-0.05, 0) is 140 Å². The molecule has 10 aromatic rings. The number of rotatable bonds is 4. The summed E-state index contributed by atoms with van der Waals surface area (Å²) in [5, 5.41) is 7.61. The minimum Gasteiger partial charge on any atom is -0.0930 e. The molecule has 0 bridgehead atoms. The first-order valence-corrected chi connectivity index (χ1v) is 22.4. The van der Waals surface area contributed by atoms with Crippen LogP contribution < -0.4 is 0 Å². The van der Waals surface area contributed by atoms with Crippen molar-refractivity contribution >= 4 is 32.3 Å². The highest BCUT2D eigenvalue weighted by Crippen LogP contribution is 2.53. The lowest BCUT2D eigenvalue weighted by Gasteiger charge is -2.23. The predicted molar refractivity (Wildman–Crippen MR) is 266 cm³/mol. The van der Waals surface area contributed by atoms with Gasteiger partial charge in [-0.1, -0.05) is 203 Å². The summed E-state index contributed by atoms with van der Waals surface area (Å²) in [5.41, 5.74) is 23.1. The minimum absolute atomic E-state index is 0.0861. The molecular formula is C63H44. The fourth-order valence-electron chi connectivity index (χ4n) is 11.7. The second kappa shape index (κ2) is 13.0. The van der Waals surface area contributed by atoms with E-state index in [0.717, 1.165) is 5.56 Å². The quantitative estimate of drug-likeness (QED) is 0.123. The minimum atomic E-state index is -0.102. The van der Waals surface area contributed by atoms with Crippen molar-refractivity contribution in [3.63, 3.8) is 0 Å². The SMILES string of the molecule is CC1(C)c2ccccc2-c2ccc(-c3ccc4ccc5c(-c6ccc7c(c6)C(C)(C)c6ccccc6-7)cc(-c6ccc(-c7cccc8ccccc78)cc6)c6c5c4c3C#CC6)cc21. The fourth-order valence-corrected chi connectivity index (χ4v) is 11.7. The molecular weight excluding hydrogens is 757 g/mol. The van der Waals surface area contributed by atoms with Crippen molar-refractivity contribution in [2.45, 2.75) is 44.9 Å². The van der Waals surface area contributed by atoms with Gasteiger partial charge in [0.1, 0.15) is 0 Å². The highest BCUT2D eigenvalue weighted by Gasteiger charge is 2.37. The van der Waals surface area contributed by atoms with Crippen molar-refractivity contribution in [1.29, 1.82) is 0 Å². The van der Waals surface area contributed by atoms with Crippen LogP contribution in [0.15, 0.2) is 182 Å². The summed E-state index contributed by atoms with van der Waals surface area (Å²) in [5.74, 6) is 7.54. The molecule has 0 atom stereocenters. The van der Waals surface area contributed by atoms with E-state index >= 15 is 0 Å². The van der Waals surface area contributed by atoms with E-state index in [9.17, 15) is 0 Å². The zero-order chi connectivity index (χ0) is 42.2. The van der Waals surface area contributed by atoms with Gasteiger partial charge in [0.05, 0.1) is 0 Å². The zero-order valence-electron chi connectivity index (χ0n) is 36.0. The molecule has 0 aromatic heterocycles. The lowest BCUT2D eigenvalue weighted by molar-refractivity contribution is 0.660. The monoisotopic (exact) mass is 800 g/mol. The maximum atomic E-state index is 3.80. The van der Waals surface area contributed by atoms with E-state index in [-0.39, 0.29) is 10.8 Å². The van der Waals surface area contributed by atoms with Crippen LogP contribution >= 0.6 is 0 Å². The highest BCUT2D eigenvalue weighted by atomic mass is 14.4. The Balaban J connectivity index is 1.05. The summed E-state index contributed by atoms with van der Waals surface area (Å²) in [7, 11) is 0. The van der Waals surface area contributed by atoms with Crippen molar-refractivity contribution in [3.05, 3.63) is 215 Å². The Hall–Kier alpha value is -7.46. The van der Waals surface area contributed by atoms with Crippen LogP contribution in [0.3, 0.4) is 0 Å². The van der Waals surface area contributed by atoms with Crippen LogP contribution in [0.1, 0.15) is 61.1 Å². The third-order valence-corrected chi connectivity index (χ3v) is 15.0. The largest absolute Gasteiger partial charge is 0.0930 e. The van der Waals surface area contributed by atoms with Crippen molar-refractivity contribution in [2.75, 3.05) is 0 Å². The van der Waals surface area contributed by atoms with Gasteiger partial charge >= 0.3 is 0 Å². The molecule has 63 heavy (non-hydrogen) atoms. The Kier molecular flexibility index (Phi) is 7.49. The first-order valence-electron chi connectivity index (χ1n) is 22.4. The van der Waals surface area contributed by atoms with Gasteiger partial charge in [0.2, 0.25) is 0 Å². The predicted octanol–water partition coefficient (Wildman–Crippen LogP) is 16.3. The first-order chi connectivity index (χ1) is 30.8. The van der Waals surface area contributed by atoms with Crippen LogP contribution in [0.4, 0.5) is 0 Å². The van der Waals surface area contributed by atoms with Crippen LogP contribution in [0.25, 0.3) is 99.1 Å². The fraction of sp³-hybridized carbons (Fsp3) is 0.111. The molecule has 0 aliphatic heterocycles. The van der Waals surface area contributed by atoms with Crippen LogP contribution in [0.2, 0.25) is 0 Å². The molecule has 3 aliphatic carbocycles. The van der Waals surface area contributed by atoms with Gasteiger partial charge in [-0.3, -0.25) is 0 Å². The summed E-state index contributed by atoms with van der Waals surface area (Å²) in [6.45, 7) is 9.50. The van der Waals surface area contributed by atoms with E-state index in [1.54, 1.807) is 0 Å². The maximum absolute atomic E-state index is 3.80. The molecule has 10 aromatic carbocycles. The smallest absolute Gasteiger partial charge is 0.0408 e. The molecule has 0 saturated carbocycles. The number of benzene rings is 10. The molecule has 0 nitrogen and oxygen atoms in total. The molecule has 0 fully saturated rings. The maximum Gasteiger partial charge on any atom is 0.0408 e. The molecule has 296 valence electrons. The van der Waals surface area contributed by atoms with E-state index < -0.39 is 0 Å². The molecule has 0 unspecified atom stereocenters. The molecule has 0 spiro atoms. The van der Waals surface area contributed by atoms with E-state index in [1.807, 2.05) is 0 Å². The number of hydrogen-bond donors (Lipinski definition) is 0. The normalized spacial score (nSPS) is 14.5. The lowest BCUT2D eigenvalue weighted by Crippen LogP contribution is -2.14. The van der Waals surface area contributed by atoms with E-state index in [1.165, 1.54) is 127 Å². The standard InChI is InChI=1S/C63H44/c1-62(2)56-21-9-7-16-47(56)49-32-29-42(35-58(49)62)46-31-27-41-28-34-53-55(43-30-33-50-48-17-8-10-22-57(48)63(3,4)59(50)36-43)37-54(52-20-12-19-51(46)60(41)61(52)53)40-25-23-39(24-26-40)45-18-11-14-38-13-5-6-15-44(38)45/h5-11,13-18,21-37H,20H2,1-4H3. The first kappa shape index (κ1) is 36.2. The number of hydrogen-bond acceptors (Lipinski definition) is 0. The number of fused-ring (bicyclic) bond motifs is 7. The van der Waals surface area contributed by atoms with E-state index in [2.05, 4.69) is 222 Å². The molecule has 0 saturated heterocycles. The Morgan fingerprint density at radius 3 is 1.57 bits per heavy atom. The van der Waals surface area contributed by atoms with Gasteiger partial charge in [-0.25, -0.2) is 0 Å². The average molecular weight is 801 g/mol. The molecule has 0 heteroatoms. The molecule has 0 radical (unpaired) electrons. The van der Waals surface area contributed by atoms with Gasteiger partial charge < -0.3 is 0 Å². The van der Waals surface area contributed by atoms with Crippen LogP contribution in [0.5, 0.6) is 0 Å². The molecule has 0 N–H and O–H groups in total. The van der Waals surface area contributed by atoms with Crippen LogP contribution in [-0.4, -0.2) is 0 Å². The van der Waals surface area contributed by atoms with Crippen molar-refractivity contribution in [1.82, 2.24) is 0 Å². The summed E-state index contributed by atoms with van der Waals surface area (Å²) in [6.07, 6.45) is 0.670. The Bertz CT molecular complexity index is 3690. The lowest BCUT2D eigenvalue weighted by atomic mass is 9.80. The van der Waals surface area contributed by atoms with Gasteiger partial charge in [0.25, 0.3) is 0 Å². The van der Waals surface area contributed by atoms with Gasteiger partial charge in [-0.2, -0.15) is 0 Å². The molecule has 3 aliphatic rings. The highest BCUT2D eigenvalue weighted by molar-refractivity contribution is 6.19. The van der Waals surface area contributed by atoms with E-state index in [0.29, 0.717) is 6.42 Å². The summed E-state index contributed by atoms with van der Waals surface area (Å²) < 4.78 is 0. The third-order valence-electron chi connectivity index (χ3n) is 15.0. The topological polar surface area (TPSA) is 0 Å². The van der Waals surface area contributed by atoms with Gasteiger partial charge in [0, 0.05) is 28.2 Å². The Morgan fingerprint density at radius 1 is 0.349 bits per heavy atom. The second-order valence-electron chi connectivity index (χ2n) is 19.0. The zero-order valence-corrected chi connectivity index (χ0v) is 36.0. The Morgan fingerprint density at radius 2 is 0.873 bits per heavy atom. The molecule has 0 amide bonds. The van der Waals surface area contributed by atoms with Crippen molar-refractivity contribution < 1.29 is 0 Å². The summed E-state index contributed by atoms with van der Waals surface area (Å²) >= 11 is 0. The third kappa shape index (κ3) is 5.12. The van der Waals surface area contributed by atoms with Crippen LogP contribution in [-0.2, 0) is 17.3 Å². The van der Waals surface area contributed by atoms with Gasteiger partial charge in [0.15, 0.2) is 0 Å².